The normalized spacial score (nSPS) is 0. The zero-order chi connectivity index (χ0) is 0. The number of hydrogen-bond acceptors (Lipinski definition) is 0. The molecule has 4 heavy (non-hydrogen) atoms. The summed E-state index contributed by atoms with van der Waals surface area (Å²) in [6.07, 6.45) is 0. The number of hydrogen-bond donors (Lipinski definition) is 0. The van der Waals surface area contributed by atoms with Crippen LogP contribution in [0.3, 0.4) is 0 Å². The second-order valence-corrected chi connectivity index (χ2v) is 0. The van der Waals surface area contributed by atoms with Crippen molar-refractivity contribution in [3.05, 3.63) is 0 Å². The summed E-state index contributed by atoms with van der Waals surface area (Å²) in [5, 5.41) is 0. The van der Waals surface area contributed by atoms with Gasteiger partial charge in [0.15, 0.2) is 0 Å². The van der Waals surface area contributed by atoms with Gasteiger partial charge < -0.3 is 1.43 Å². The van der Waals surface area contributed by atoms with E-state index in [1.807, 2.05) is 0 Å². The average molecular weight is 149 g/mol. The van der Waals surface area contributed by atoms with Crippen molar-refractivity contribution in [1.82, 2.24) is 0 Å². The van der Waals surface area contributed by atoms with Crippen molar-refractivity contribution >= 4 is 28.3 Å². The minimum atomic E-state index is 0. The summed E-state index contributed by atoms with van der Waals surface area (Å²) in [7, 11) is 0. The molecule has 0 saturated carbocycles. The molecule has 0 heterocycles. The van der Waals surface area contributed by atoms with Crippen molar-refractivity contribution in [2.24, 2.45) is 0 Å². The van der Waals surface area contributed by atoms with Gasteiger partial charge in [-0.1, -0.05) is 0 Å². The van der Waals surface area contributed by atoms with Crippen LogP contribution in [0.2, 0.25) is 0 Å². The molecule has 4 heteroatoms. The molecule has 0 aliphatic carbocycles. The van der Waals surface area contributed by atoms with Gasteiger partial charge in [-0.25, -0.2) is 0 Å². The summed E-state index contributed by atoms with van der Waals surface area (Å²) in [6.45, 7) is 0. The van der Waals surface area contributed by atoms with Crippen LogP contribution in [0.5, 0.6) is 0 Å². The smallest absolute Gasteiger partial charge is 1.00 e. The van der Waals surface area contributed by atoms with Crippen molar-refractivity contribution in [1.29, 1.82) is 0 Å². The molecule has 16 valence electrons. The van der Waals surface area contributed by atoms with Gasteiger partial charge in [0, 0.05) is 19.5 Å². The molecule has 0 amide bonds. The molecule has 0 fully saturated rings. The van der Waals surface area contributed by atoms with Gasteiger partial charge in [0.25, 0.3) is 0 Å². The maximum absolute atomic E-state index is 0. The van der Waals surface area contributed by atoms with E-state index in [9.17, 15) is 0 Å². The molecule has 0 rings (SSSR count). The zero-order valence-electron chi connectivity index (χ0n) is 4.71. The minimum absolute atomic E-state index is 0. The fraction of sp³-hybridized carbons (Fsp3) is 0. The van der Waals surface area contributed by atoms with E-state index in [1.165, 1.54) is 0 Å². The first-order valence-electron chi connectivity index (χ1n) is 0. The minimum Gasteiger partial charge on any atom is -1.00 e. The third-order valence-corrected chi connectivity index (χ3v) is 0. The Morgan fingerprint density at radius 3 is 1.25 bits per heavy atom. The van der Waals surface area contributed by atoms with Crippen molar-refractivity contribution in [3.63, 3.8) is 0 Å². The van der Waals surface area contributed by atoms with Crippen molar-refractivity contribution in [2.75, 3.05) is 0 Å². The summed E-state index contributed by atoms with van der Waals surface area (Å²) in [6, 6.07) is 0. The van der Waals surface area contributed by atoms with Gasteiger partial charge in [-0.05, 0) is 11.0 Å². The Kier molecular flexibility index (Phi) is 149. The van der Waals surface area contributed by atoms with Gasteiger partial charge in [0.1, 0.15) is 17.4 Å². The van der Waals surface area contributed by atoms with E-state index in [1.54, 1.807) is 0 Å². The van der Waals surface area contributed by atoms with Gasteiger partial charge in [0.05, 0.1) is 0 Å². The predicted molar refractivity (Wildman–Crippen MR) is 19.6 cm³/mol. The monoisotopic (exact) mass is 148 g/mol. The molecule has 0 aliphatic rings. The molecule has 0 unspecified atom stereocenters. The molecule has 0 bridgehead atoms. The standard InChI is InChI=1S/Al.Na.H3Si.Zn.3H/h;;1H3;;;;/q;+1;;;;;-1. The Bertz CT molecular complexity index is 11.6. The SMILES string of the molecule is [AlH2].[H-].[Na+].[SiH3].[Zn]. The van der Waals surface area contributed by atoms with Gasteiger partial charge in [-0.15, -0.1) is 0 Å². The van der Waals surface area contributed by atoms with Crippen molar-refractivity contribution in [3.8, 4) is 0 Å². The van der Waals surface area contributed by atoms with Crippen LogP contribution in [0.25, 0.3) is 0 Å². The molecule has 0 aromatic rings. The predicted octanol–water partition coefficient (Wildman–Crippen LogP) is -4.99. The molecular weight excluding hydrogens is 143 g/mol. The Labute approximate surface area is 77.8 Å². The second-order valence-electron chi connectivity index (χ2n) is 0. The topological polar surface area (TPSA) is 0 Å². The van der Waals surface area contributed by atoms with E-state index >= 15 is 0 Å². The van der Waals surface area contributed by atoms with E-state index in [0.29, 0.717) is 0 Å². The third-order valence-electron chi connectivity index (χ3n) is 0. The molecule has 0 spiro atoms. The summed E-state index contributed by atoms with van der Waals surface area (Å²) in [5.41, 5.74) is 0. The van der Waals surface area contributed by atoms with Crippen LogP contribution < -0.4 is 29.6 Å². The van der Waals surface area contributed by atoms with Crippen molar-refractivity contribution in [2.45, 2.75) is 0 Å². The number of rotatable bonds is 0. The van der Waals surface area contributed by atoms with Gasteiger partial charge in [0.2, 0.25) is 0 Å². The average Bonchev–Trinajstić information content (AvgIpc) is 0. The van der Waals surface area contributed by atoms with Crippen LogP contribution in [-0.2, 0) is 19.5 Å². The van der Waals surface area contributed by atoms with Gasteiger partial charge >= 0.3 is 29.6 Å². The van der Waals surface area contributed by atoms with E-state index in [2.05, 4.69) is 0 Å². The first-order valence-corrected chi connectivity index (χ1v) is 0. The second kappa shape index (κ2) is 18.2. The zero-order valence-corrected chi connectivity index (χ0v) is 12.7. The summed E-state index contributed by atoms with van der Waals surface area (Å²) in [5.74, 6) is 0. The third kappa shape index (κ3) is 8.84. The Hall–Kier alpha value is 2.37. The molecule has 2 radical (unpaired) electrons. The van der Waals surface area contributed by atoms with E-state index in [0.717, 1.165) is 0 Å². The Morgan fingerprint density at radius 1 is 1.25 bits per heavy atom. The maximum Gasteiger partial charge on any atom is 1.00 e. The van der Waals surface area contributed by atoms with E-state index in [4.69, 9.17) is 0 Å². The Balaban J connectivity index is 0. The first-order chi connectivity index (χ1) is 0. The van der Waals surface area contributed by atoms with Crippen LogP contribution in [0.1, 0.15) is 1.43 Å². The molecule has 0 aliphatic heterocycles. The van der Waals surface area contributed by atoms with Gasteiger partial charge in [-0.2, -0.15) is 0 Å². The molecule has 0 aromatic carbocycles. The van der Waals surface area contributed by atoms with Crippen molar-refractivity contribution < 1.29 is 50.5 Å². The summed E-state index contributed by atoms with van der Waals surface area (Å²) >= 11 is 0. The molecule has 0 aromatic heterocycles. The fourth-order valence-corrected chi connectivity index (χ4v) is 0. The summed E-state index contributed by atoms with van der Waals surface area (Å²) in [4.78, 5) is 0. The van der Waals surface area contributed by atoms with Crippen LogP contribution in [-0.4, -0.2) is 28.3 Å². The Morgan fingerprint density at radius 2 is 1.25 bits per heavy atom. The maximum atomic E-state index is 0. The van der Waals surface area contributed by atoms with E-state index < -0.39 is 0 Å². The molecule has 0 atom stereocenters. The molecule has 0 nitrogen and oxygen atoms in total. The molecule has 0 N–H and O–H groups in total. The molecular formula is H6AlNaSiZn. The van der Waals surface area contributed by atoms with Crippen LogP contribution >= 0.6 is 0 Å². The van der Waals surface area contributed by atoms with Crippen LogP contribution in [0.4, 0.5) is 0 Å². The first kappa shape index (κ1) is 32.7. The fourth-order valence-electron chi connectivity index (χ4n) is 0. The quantitative estimate of drug-likeness (QED) is 0.303. The van der Waals surface area contributed by atoms with E-state index in [-0.39, 0.29) is 78.8 Å². The summed E-state index contributed by atoms with van der Waals surface area (Å²) < 4.78 is 0. The molecule has 0 saturated heterocycles. The van der Waals surface area contributed by atoms with Crippen LogP contribution in [0, 0.1) is 0 Å². The van der Waals surface area contributed by atoms with Crippen LogP contribution in [0.15, 0.2) is 0 Å². The van der Waals surface area contributed by atoms with Gasteiger partial charge in [-0.3, -0.25) is 0 Å². The largest absolute Gasteiger partial charge is 1.00 e.